The minimum Gasteiger partial charge on any atom is -0.445 e. The molecule has 8 nitrogen and oxygen atoms in total. The van der Waals surface area contributed by atoms with E-state index in [1.807, 2.05) is 47.8 Å². The smallest absolute Gasteiger partial charge is 0.411 e. The second-order valence-electron chi connectivity index (χ2n) is 8.31. The summed E-state index contributed by atoms with van der Waals surface area (Å²) >= 11 is 2.71. The van der Waals surface area contributed by atoms with E-state index in [9.17, 15) is 14.4 Å². The van der Waals surface area contributed by atoms with Crippen LogP contribution in [-0.4, -0.2) is 51.5 Å². The molecule has 3 amide bonds. The van der Waals surface area contributed by atoms with Crippen molar-refractivity contribution in [2.24, 2.45) is 0 Å². The van der Waals surface area contributed by atoms with Crippen molar-refractivity contribution < 1.29 is 19.1 Å². The van der Waals surface area contributed by atoms with Gasteiger partial charge in [0, 0.05) is 34.8 Å². The number of ether oxygens (including phenoxy) is 1. The van der Waals surface area contributed by atoms with Crippen LogP contribution in [0.5, 0.6) is 0 Å². The van der Waals surface area contributed by atoms with Crippen molar-refractivity contribution >= 4 is 46.1 Å². The van der Waals surface area contributed by atoms with Gasteiger partial charge in [0.25, 0.3) is 11.8 Å². The molecular formula is C25H24N4O4S2. The Morgan fingerprint density at radius 1 is 1.06 bits per heavy atom. The van der Waals surface area contributed by atoms with E-state index in [0.717, 1.165) is 24.0 Å². The van der Waals surface area contributed by atoms with Crippen molar-refractivity contribution in [3.05, 3.63) is 71.1 Å². The third kappa shape index (κ3) is 5.83. The molecule has 2 heterocycles. The zero-order valence-corrected chi connectivity index (χ0v) is 20.4. The predicted molar refractivity (Wildman–Crippen MR) is 136 cm³/mol. The number of nitrogens with zero attached hydrogens (tertiary/aromatic N) is 2. The number of carbonyl (C=O) groups excluding carboxylic acids is 3. The maximum Gasteiger partial charge on any atom is 0.411 e. The largest absolute Gasteiger partial charge is 0.445 e. The van der Waals surface area contributed by atoms with Gasteiger partial charge >= 0.3 is 6.09 Å². The number of nitrogens with one attached hydrogen (secondary N) is 2. The molecule has 3 aromatic rings. The molecule has 10 heteroatoms. The highest BCUT2D eigenvalue weighted by molar-refractivity contribution is 8.00. The Morgan fingerprint density at radius 2 is 1.83 bits per heavy atom. The van der Waals surface area contributed by atoms with Gasteiger partial charge in [0.15, 0.2) is 10.5 Å². The van der Waals surface area contributed by atoms with Crippen LogP contribution in [0.15, 0.2) is 60.0 Å². The Hall–Kier alpha value is -3.37. The minimum absolute atomic E-state index is 0.0637. The number of thiazole rings is 1. The Labute approximate surface area is 211 Å². The van der Waals surface area contributed by atoms with E-state index in [0.29, 0.717) is 34.7 Å². The summed E-state index contributed by atoms with van der Waals surface area (Å²) in [7, 11) is 0. The lowest BCUT2D eigenvalue weighted by molar-refractivity contribution is -0.117. The first-order valence-corrected chi connectivity index (χ1v) is 13.3. The number of aromatic nitrogens is 1. The highest BCUT2D eigenvalue weighted by Crippen LogP contribution is 2.29. The van der Waals surface area contributed by atoms with E-state index in [-0.39, 0.29) is 18.4 Å². The van der Waals surface area contributed by atoms with E-state index in [1.165, 1.54) is 28.0 Å². The van der Waals surface area contributed by atoms with Gasteiger partial charge in [-0.25, -0.2) is 9.78 Å². The van der Waals surface area contributed by atoms with Crippen molar-refractivity contribution in [3.8, 4) is 11.3 Å². The molecule has 2 aromatic carbocycles. The van der Waals surface area contributed by atoms with Crippen molar-refractivity contribution in [1.82, 2.24) is 15.2 Å². The van der Waals surface area contributed by atoms with Gasteiger partial charge in [-0.3, -0.25) is 19.8 Å². The fourth-order valence-electron chi connectivity index (χ4n) is 3.60. The molecule has 1 aliphatic carbocycles. The number of amides is 3. The molecule has 35 heavy (non-hydrogen) atoms. The maximum absolute atomic E-state index is 12.9. The average Bonchev–Trinajstić information content (AvgIpc) is 3.35. The molecule has 0 spiro atoms. The number of anilines is 1. The Kier molecular flexibility index (Phi) is 7.01. The Morgan fingerprint density at radius 3 is 2.57 bits per heavy atom. The fourth-order valence-corrected chi connectivity index (χ4v) is 5.43. The zero-order chi connectivity index (χ0) is 24.2. The number of carbonyl (C=O) groups is 3. The van der Waals surface area contributed by atoms with E-state index in [4.69, 9.17) is 4.74 Å². The van der Waals surface area contributed by atoms with Crippen LogP contribution in [0.4, 0.5) is 9.93 Å². The topological polar surface area (TPSA) is 101 Å². The van der Waals surface area contributed by atoms with Crippen LogP contribution in [-0.2, 0) is 16.1 Å². The molecular weight excluding hydrogens is 484 g/mol. The van der Waals surface area contributed by atoms with Crippen LogP contribution >= 0.6 is 23.1 Å². The van der Waals surface area contributed by atoms with Gasteiger partial charge in [-0.15, -0.1) is 23.1 Å². The summed E-state index contributed by atoms with van der Waals surface area (Å²) in [4.78, 5) is 43.6. The number of hydrogen-bond acceptors (Lipinski definition) is 7. The first-order chi connectivity index (χ1) is 17.1. The zero-order valence-electron chi connectivity index (χ0n) is 18.8. The minimum atomic E-state index is -0.671. The molecule has 1 saturated carbocycles. The SMILES string of the molecule is O=C(NC1CC1)c1ccc(-c2csc(NC(=O)C3SCCN3C(=O)OCc3ccccc3)n2)cc1. The Balaban J connectivity index is 1.17. The molecule has 1 atom stereocenters. The lowest BCUT2D eigenvalue weighted by Gasteiger charge is -2.22. The average molecular weight is 509 g/mol. The van der Waals surface area contributed by atoms with Gasteiger partial charge in [0.2, 0.25) is 0 Å². The molecule has 2 fully saturated rings. The molecule has 180 valence electrons. The molecule has 1 unspecified atom stereocenters. The van der Waals surface area contributed by atoms with Crippen LogP contribution in [0.1, 0.15) is 28.8 Å². The number of thioether (sulfide) groups is 1. The summed E-state index contributed by atoms with van der Waals surface area (Å²) in [6.45, 7) is 0.603. The molecule has 1 aromatic heterocycles. The quantitative estimate of drug-likeness (QED) is 0.492. The third-order valence-electron chi connectivity index (χ3n) is 5.64. The van der Waals surface area contributed by atoms with Crippen molar-refractivity contribution in [3.63, 3.8) is 0 Å². The maximum atomic E-state index is 12.9. The van der Waals surface area contributed by atoms with Gasteiger partial charge < -0.3 is 10.1 Å². The highest BCUT2D eigenvalue weighted by atomic mass is 32.2. The standard InChI is InChI=1S/C25H24N4O4S2/c30-21(26-19-10-11-19)18-8-6-17(7-9-18)20-15-35-24(27-20)28-22(31)23-29(12-13-34-23)25(32)33-14-16-4-2-1-3-5-16/h1-9,15,19,23H,10-14H2,(H,26,30)(H,27,28,31). The van der Waals surface area contributed by atoms with Gasteiger partial charge in [-0.2, -0.15) is 0 Å². The summed E-state index contributed by atoms with van der Waals surface area (Å²) in [6.07, 6.45) is 1.58. The van der Waals surface area contributed by atoms with E-state index < -0.39 is 11.5 Å². The summed E-state index contributed by atoms with van der Waals surface area (Å²) in [5.74, 6) is 0.283. The lowest BCUT2D eigenvalue weighted by atomic mass is 10.1. The molecule has 0 bridgehead atoms. The molecule has 2 N–H and O–H groups in total. The van der Waals surface area contributed by atoms with Crippen molar-refractivity contribution in [1.29, 1.82) is 0 Å². The number of hydrogen-bond donors (Lipinski definition) is 2. The first-order valence-electron chi connectivity index (χ1n) is 11.3. The van der Waals surface area contributed by atoms with Crippen molar-refractivity contribution in [2.75, 3.05) is 17.6 Å². The monoisotopic (exact) mass is 508 g/mol. The number of benzene rings is 2. The summed E-state index contributed by atoms with van der Waals surface area (Å²) in [6, 6.07) is 17.0. The van der Waals surface area contributed by atoms with E-state index >= 15 is 0 Å². The predicted octanol–water partition coefficient (Wildman–Crippen LogP) is 4.35. The van der Waals surface area contributed by atoms with E-state index in [1.54, 1.807) is 12.1 Å². The molecule has 5 rings (SSSR count). The van der Waals surface area contributed by atoms with Crippen LogP contribution < -0.4 is 10.6 Å². The normalized spacial score (nSPS) is 17.1. The van der Waals surface area contributed by atoms with Crippen LogP contribution in [0, 0.1) is 0 Å². The van der Waals surface area contributed by atoms with Gasteiger partial charge in [0.1, 0.15) is 6.61 Å². The third-order valence-corrected chi connectivity index (χ3v) is 7.60. The summed E-state index contributed by atoms with van der Waals surface area (Å²) < 4.78 is 5.41. The fraction of sp³-hybridized carbons (Fsp3) is 0.280. The molecule has 1 saturated heterocycles. The van der Waals surface area contributed by atoms with E-state index in [2.05, 4.69) is 15.6 Å². The van der Waals surface area contributed by atoms with Gasteiger partial charge in [-0.05, 0) is 30.5 Å². The van der Waals surface area contributed by atoms with Crippen LogP contribution in [0.3, 0.4) is 0 Å². The van der Waals surface area contributed by atoms with Crippen LogP contribution in [0.2, 0.25) is 0 Å². The Bertz CT molecular complexity index is 1210. The summed E-state index contributed by atoms with van der Waals surface area (Å²) in [5, 5.41) is 7.42. The first kappa shape index (κ1) is 23.4. The number of rotatable bonds is 7. The summed E-state index contributed by atoms with van der Waals surface area (Å²) in [5.41, 5.74) is 3.06. The lowest BCUT2D eigenvalue weighted by Crippen LogP contribution is -2.42. The van der Waals surface area contributed by atoms with Crippen molar-refractivity contribution in [2.45, 2.75) is 30.9 Å². The van der Waals surface area contributed by atoms with Crippen LogP contribution in [0.25, 0.3) is 11.3 Å². The molecule has 0 radical (unpaired) electrons. The van der Waals surface area contributed by atoms with Gasteiger partial charge in [0.05, 0.1) is 5.69 Å². The highest BCUT2D eigenvalue weighted by Gasteiger charge is 2.36. The molecule has 1 aliphatic heterocycles. The van der Waals surface area contributed by atoms with Gasteiger partial charge in [-0.1, -0.05) is 42.5 Å². The molecule has 2 aliphatic rings. The second kappa shape index (κ2) is 10.5. The second-order valence-corrected chi connectivity index (χ2v) is 10.4.